The lowest BCUT2D eigenvalue weighted by Crippen LogP contribution is -2.71. The van der Waals surface area contributed by atoms with Gasteiger partial charge in [-0.1, -0.05) is 23.1 Å². The second-order valence-corrected chi connectivity index (χ2v) is 11.6. The summed E-state index contributed by atoms with van der Waals surface area (Å²) in [4.78, 5) is 38.8. The van der Waals surface area contributed by atoms with Crippen LogP contribution in [0, 0.1) is 13.8 Å². The highest BCUT2D eigenvalue weighted by Crippen LogP contribution is 2.42. The number of aromatic nitrogens is 4. The van der Waals surface area contributed by atoms with Crippen molar-refractivity contribution in [1.82, 2.24) is 30.2 Å². The lowest BCUT2D eigenvalue weighted by atomic mass is 10.0. The van der Waals surface area contributed by atoms with Crippen LogP contribution >= 0.6 is 50.8 Å². The largest absolute Gasteiger partial charge is 0.477 e. The molecule has 1 saturated heterocycles. The molecule has 2 amide bonds. The number of β-lactam (4-membered cyclic amide) rings is 1. The highest BCUT2D eigenvalue weighted by atomic mass is 79.9. The van der Waals surface area contributed by atoms with Crippen LogP contribution in [-0.4, -0.2) is 70.7 Å². The number of thioether (sulfide) groups is 2. The maximum atomic E-state index is 12.8. The Morgan fingerprint density at radius 1 is 1.41 bits per heavy atom. The third-order valence-electron chi connectivity index (χ3n) is 5.06. The van der Waals surface area contributed by atoms with Gasteiger partial charge in [0.2, 0.25) is 5.91 Å². The molecule has 10 nitrogen and oxygen atoms in total. The van der Waals surface area contributed by atoms with Gasteiger partial charge in [-0.25, -0.2) is 4.79 Å². The maximum absolute atomic E-state index is 12.8. The van der Waals surface area contributed by atoms with Crippen LogP contribution in [0.25, 0.3) is 0 Å². The normalized spacial score (nSPS) is 21.2. The molecule has 2 aromatic rings. The molecule has 4 heterocycles. The van der Waals surface area contributed by atoms with Gasteiger partial charge >= 0.3 is 5.97 Å². The smallest absolute Gasteiger partial charge is 0.352 e. The van der Waals surface area contributed by atoms with Crippen molar-refractivity contribution in [2.24, 2.45) is 0 Å². The van der Waals surface area contributed by atoms with Crippen molar-refractivity contribution in [3.8, 4) is 0 Å². The van der Waals surface area contributed by atoms with Gasteiger partial charge in [0.15, 0.2) is 4.34 Å². The number of rotatable bonds is 7. The predicted octanol–water partition coefficient (Wildman–Crippen LogP) is 2.21. The fourth-order valence-electron chi connectivity index (χ4n) is 3.33. The molecule has 0 aliphatic carbocycles. The van der Waals surface area contributed by atoms with Crippen molar-refractivity contribution in [3.63, 3.8) is 0 Å². The number of carbonyl (C=O) groups excluding carboxylic acids is 2. The molecule has 0 saturated carbocycles. The summed E-state index contributed by atoms with van der Waals surface area (Å²) in [7, 11) is 0. The molecule has 0 spiro atoms. The van der Waals surface area contributed by atoms with Crippen LogP contribution in [0.15, 0.2) is 26.3 Å². The monoisotopic (exact) mass is 558 g/mol. The van der Waals surface area contributed by atoms with Crippen molar-refractivity contribution < 1.29 is 19.5 Å². The number of aryl methyl sites for hydroxylation is 2. The number of hydrogen-bond acceptors (Lipinski definition) is 9. The van der Waals surface area contributed by atoms with Gasteiger partial charge in [0, 0.05) is 17.7 Å². The van der Waals surface area contributed by atoms with E-state index in [0.29, 0.717) is 17.1 Å². The second kappa shape index (κ2) is 9.15. The Morgan fingerprint density at radius 3 is 2.75 bits per heavy atom. The number of carboxylic acids is 1. The van der Waals surface area contributed by atoms with Crippen LogP contribution in [0.5, 0.6) is 0 Å². The maximum Gasteiger partial charge on any atom is 0.352 e. The zero-order chi connectivity index (χ0) is 23.2. The number of halogens is 1. The summed E-state index contributed by atoms with van der Waals surface area (Å²) in [5.41, 5.74) is 1.40. The van der Waals surface area contributed by atoms with Crippen molar-refractivity contribution in [1.29, 1.82) is 0 Å². The summed E-state index contributed by atoms with van der Waals surface area (Å²) in [5.74, 6) is -1.07. The van der Waals surface area contributed by atoms with Gasteiger partial charge in [0.25, 0.3) is 5.91 Å². The van der Waals surface area contributed by atoms with Gasteiger partial charge in [0.1, 0.15) is 28.2 Å². The molecule has 32 heavy (non-hydrogen) atoms. The molecule has 1 fully saturated rings. The molecule has 2 aromatic heterocycles. The zero-order valence-corrected chi connectivity index (χ0v) is 21.3. The molecule has 2 N–H and O–H groups in total. The first-order chi connectivity index (χ1) is 15.2. The average Bonchev–Trinajstić information content (AvgIpc) is 3.33. The molecule has 14 heteroatoms. The summed E-state index contributed by atoms with van der Waals surface area (Å²) in [6, 6.07) is -1.39. The summed E-state index contributed by atoms with van der Waals surface area (Å²) in [6.07, 6.45) is 1.71. The number of hydrogen-bond donors (Lipinski definition) is 2. The minimum absolute atomic E-state index is 0.00216. The molecule has 3 atom stereocenters. The minimum atomic E-state index is -1.15. The van der Waals surface area contributed by atoms with E-state index in [0.717, 1.165) is 19.5 Å². The van der Waals surface area contributed by atoms with E-state index in [-0.39, 0.29) is 11.6 Å². The zero-order valence-electron chi connectivity index (χ0n) is 17.2. The molecule has 170 valence electrons. The summed E-state index contributed by atoms with van der Waals surface area (Å²) in [6.45, 7) is 5.36. The van der Waals surface area contributed by atoms with Gasteiger partial charge in [-0.3, -0.25) is 19.2 Å². The van der Waals surface area contributed by atoms with Crippen molar-refractivity contribution in [3.05, 3.63) is 32.6 Å². The summed E-state index contributed by atoms with van der Waals surface area (Å²) < 4.78 is 3.06. The van der Waals surface area contributed by atoms with Crippen LogP contribution in [0.1, 0.15) is 23.7 Å². The Labute approximate surface area is 204 Å². The van der Waals surface area contributed by atoms with Crippen molar-refractivity contribution in [2.45, 2.75) is 42.6 Å². The quantitative estimate of drug-likeness (QED) is 0.387. The van der Waals surface area contributed by atoms with E-state index in [1.165, 1.54) is 44.4 Å². The standard InChI is InChI=1S/C18H19BrN6O4S3/c1-7-11(19)4-24(23-7)8(2)14(26)20-12-15(27)25-13(17(28)29)10(5-30-16(12)25)6-31-18-22-21-9(3)32-18/h4,8,12,16H,5-6H2,1-3H3,(H,20,26)(H,28,29)/t8-,12+,16+/m0/s1. The van der Waals surface area contributed by atoms with E-state index in [4.69, 9.17) is 0 Å². The lowest BCUT2D eigenvalue weighted by Gasteiger charge is -2.49. The first-order valence-electron chi connectivity index (χ1n) is 9.52. The number of nitrogens with zero attached hydrogens (tertiary/aromatic N) is 5. The van der Waals surface area contributed by atoms with Crippen LogP contribution in [0.3, 0.4) is 0 Å². The fourth-order valence-corrected chi connectivity index (χ4v) is 6.92. The van der Waals surface area contributed by atoms with E-state index >= 15 is 0 Å². The number of nitrogens with one attached hydrogen (secondary N) is 1. The molecule has 0 radical (unpaired) electrons. The van der Waals surface area contributed by atoms with E-state index in [1.807, 2.05) is 13.8 Å². The molecule has 0 aromatic carbocycles. The highest BCUT2D eigenvalue weighted by Gasteiger charge is 2.54. The fraction of sp³-hybridized carbons (Fsp3) is 0.444. The molecule has 4 rings (SSSR count). The molecule has 0 bridgehead atoms. The van der Waals surface area contributed by atoms with Gasteiger partial charge in [0.05, 0.1) is 10.2 Å². The SMILES string of the molecule is Cc1nnc(SCC2=C(C(=O)O)N3C(=O)[C@@H](NC(=O)[C@H](C)n4cc(Br)c(C)n4)[C@H]3SC2)s1. The van der Waals surface area contributed by atoms with E-state index in [9.17, 15) is 19.5 Å². The van der Waals surface area contributed by atoms with Crippen LogP contribution in [0.4, 0.5) is 0 Å². The Kier molecular flexibility index (Phi) is 6.66. The van der Waals surface area contributed by atoms with Gasteiger partial charge < -0.3 is 10.4 Å². The molecule has 2 aliphatic rings. The second-order valence-electron chi connectivity index (χ2n) is 7.25. The first kappa shape index (κ1) is 23.3. The van der Waals surface area contributed by atoms with Crippen molar-refractivity contribution >= 4 is 68.6 Å². The van der Waals surface area contributed by atoms with E-state index < -0.39 is 29.3 Å². The number of carboxylic acid groups (broad SMARTS) is 1. The molecular formula is C18H19BrN6O4S3. The van der Waals surface area contributed by atoms with Crippen LogP contribution in [-0.2, 0) is 14.4 Å². The topological polar surface area (TPSA) is 130 Å². The Balaban J connectivity index is 1.45. The molecule has 0 unspecified atom stereocenters. The highest BCUT2D eigenvalue weighted by molar-refractivity contribution is 9.10. The molecule has 2 aliphatic heterocycles. The van der Waals surface area contributed by atoms with E-state index in [2.05, 4.69) is 36.5 Å². The number of carbonyl (C=O) groups is 3. The third kappa shape index (κ3) is 4.32. The Bertz CT molecular complexity index is 1110. The average molecular weight is 559 g/mol. The third-order valence-corrected chi connectivity index (χ3v) is 9.23. The number of aliphatic carboxylic acids is 1. The van der Waals surface area contributed by atoms with Crippen LogP contribution in [0.2, 0.25) is 0 Å². The van der Waals surface area contributed by atoms with Gasteiger partial charge in [-0.2, -0.15) is 5.10 Å². The number of amides is 2. The lowest BCUT2D eigenvalue weighted by molar-refractivity contribution is -0.151. The van der Waals surface area contributed by atoms with Gasteiger partial charge in [-0.05, 0) is 42.3 Å². The van der Waals surface area contributed by atoms with Crippen LogP contribution < -0.4 is 5.32 Å². The number of fused-ring (bicyclic) bond motifs is 1. The molecular weight excluding hydrogens is 540 g/mol. The first-order valence-corrected chi connectivity index (χ1v) is 13.2. The van der Waals surface area contributed by atoms with Gasteiger partial charge in [-0.15, -0.1) is 22.0 Å². The Morgan fingerprint density at radius 2 is 2.16 bits per heavy atom. The summed E-state index contributed by atoms with van der Waals surface area (Å²) >= 11 is 7.65. The minimum Gasteiger partial charge on any atom is -0.477 e. The summed E-state index contributed by atoms with van der Waals surface area (Å²) in [5, 5.41) is 25.2. The van der Waals surface area contributed by atoms with Crippen molar-refractivity contribution in [2.75, 3.05) is 11.5 Å². The predicted molar refractivity (Wildman–Crippen MR) is 124 cm³/mol. The van der Waals surface area contributed by atoms with E-state index in [1.54, 1.807) is 13.1 Å². The Hall–Kier alpha value is -1.90.